The van der Waals surface area contributed by atoms with Gasteiger partial charge in [0.15, 0.2) is 5.76 Å². The average molecular weight is 410 g/mol. The normalized spacial score (nSPS) is 17.1. The summed E-state index contributed by atoms with van der Waals surface area (Å²) >= 11 is 0. The van der Waals surface area contributed by atoms with Gasteiger partial charge in [-0.1, -0.05) is 0 Å². The summed E-state index contributed by atoms with van der Waals surface area (Å²) < 4.78 is 44.7. The minimum atomic E-state index is -4.51. The molecule has 29 heavy (non-hydrogen) atoms. The fourth-order valence-corrected chi connectivity index (χ4v) is 3.25. The molecule has 1 unspecified atom stereocenters. The zero-order valence-corrected chi connectivity index (χ0v) is 15.5. The van der Waals surface area contributed by atoms with Crippen LogP contribution in [-0.2, 0) is 11.0 Å². The van der Waals surface area contributed by atoms with Crippen molar-refractivity contribution >= 4 is 17.6 Å². The highest BCUT2D eigenvalue weighted by atomic mass is 19.4. The molecule has 1 aliphatic rings. The first-order valence-corrected chi connectivity index (χ1v) is 9.23. The first-order valence-electron chi connectivity index (χ1n) is 9.23. The van der Waals surface area contributed by atoms with Gasteiger partial charge in [-0.2, -0.15) is 13.2 Å². The second-order valence-corrected chi connectivity index (χ2v) is 6.68. The van der Waals surface area contributed by atoms with Crippen molar-refractivity contribution in [1.82, 2.24) is 15.6 Å². The fraction of sp³-hybridized carbons (Fsp3) is 0.421. The number of aromatic nitrogens is 1. The van der Waals surface area contributed by atoms with Crippen molar-refractivity contribution in [2.24, 2.45) is 5.92 Å². The van der Waals surface area contributed by atoms with E-state index in [-0.39, 0.29) is 43.0 Å². The van der Waals surface area contributed by atoms with Crippen LogP contribution in [0.1, 0.15) is 29.0 Å². The SMILES string of the molecule is O=C(NCCNC(=O)C1CCCN(c2ncccc2C(F)(F)F)C1)c1ccco1. The van der Waals surface area contributed by atoms with Crippen molar-refractivity contribution in [2.45, 2.75) is 19.0 Å². The smallest absolute Gasteiger partial charge is 0.419 e. The number of hydrogen-bond donors (Lipinski definition) is 2. The number of alkyl halides is 3. The Morgan fingerprint density at radius 3 is 2.72 bits per heavy atom. The van der Waals surface area contributed by atoms with Crippen molar-refractivity contribution in [2.75, 3.05) is 31.1 Å². The highest BCUT2D eigenvalue weighted by molar-refractivity contribution is 5.91. The number of carbonyl (C=O) groups excluding carboxylic acids is 2. The van der Waals surface area contributed by atoms with Crippen LogP contribution in [0.15, 0.2) is 41.1 Å². The number of carbonyl (C=O) groups is 2. The standard InChI is InChI=1S/C19H21F3N4O3/c20-19(21,22)14-5-1-7-23-16(14)26-10-2-4-13(12-26)17(27)24-8-9-25-18(28)15-6-3-11-29-15/h1,3,5-7,11,13H,2,4,8-10,12H2,(H,24,27)(H,25,28). The number of nitrogens with zero attached hydrogens (tertiary/aromatic N) is 2. The zero-order valence-electron chi connectivity index (χ0n) is 15.5. The predicted octanol–water partition coefficient (Wildman–Crippen LogP) is 2.46. The molecular weight excluding hydrogens is 389 g/mol. The second-order valence-electron chi connectivity index (χ2n) is 6.68. The van der Waals surface area contributed by atoms with Crippen LogP contribution in [0.5, 0.6) is 0 Å². The molecule has 3 heterocycles. The predicted molar refractivity (Wildman–Crippen MR) is 98.2 cm³/mol. The number of furan rings is 1. The van der Waals surface area contributed by atoms with Crippen LogP contribution in [0, 0.1) is 5.92 Å². The van der Waals surface area contributed by atoms with Crippen LogP contribution < -0.4 is 15.5 Å². The zero-order chi connectivity index (χ0) is 20.9. The van der Waals surface area contributed by atoms with E-state index in [1.807, 2.05) is 0 Å². The topological polar surface area (TPSA) is 87.5 Å². The Bertz CT molecular complexity index is 839. The highest BCUT2D eigenvalue weighted by Crippen LogP contribution is 2.36. The molecule has 0 spiro atoms. The van der Waals surface area contributed by atoms with Crippen LogP contribution in [0.25, 0.3) is 0 Å². The van der Waals surface area contributed by atoms with Crippen molar-refractivity contribution in [3.05, 3.63) is 48.0 Å². The molecule has 1 aliphatic heterocycles. The Balaban J connectivity index is 1.52. The van der Waals surface area contributed by atoms with Gasteiger partial charge in [0.2, 0.25) is 5.91 Å². The average Bonchev–Trinajstić information content (AvgIpc) is 3.25. The van der Waals surface area contributed by atoms with E-state index in [9.17, 15) is 22.8 Å². The fourth-order valence-electron chi connectivity index (χ4n) is 3.25. The molecule has 2 aromatic rings. The minimum absolute atomic E-state index is 0.150. The monoisotopic (exact) mass is 410 g/mol. The lowest BCUT2D eigenvalue weighted by molar-refractivity contribution is -0.137. The third-order valence-electron chi connectivity index (χ3n) is 4.64. The molecule has 1 saturated heterocycles. The first kappa shape index (κ1) is 20.7. The third-order valence-corrected chi connectivity index (χ3v) is 4.64. The van der Waals surface area contributed by atoms with Crippen molar-refractivity contribution < 1.29 is 27.2 Å². The molecule has 2 amide bonds. The Hall–Kier alpha value is -3.04. The molecule has 3 rings (SSSR count). The molecule has 2 N–H and O–H groups in total. The van der Waals surface area contributed by atoms with Gasteiger partial charge in [0.25, 0.3) is 5.91 Å². The lowest BCUT2D eigenvalue weighted by atomic mass is 9.96. The van der Waals surface area contributed by atoms with Crippen molar-refractivity contribution in [3.63, 3.8) is 0 Å². The lowest BCUT2D eigenvalue weighted by Crippen LogP contribution is -2.45. The van der Waals surface area contributed by atoms with E-state index in [4.69, 9.17) is 4.42 Å². The van der Waals surface area contributed by atoms with Gasteiger partial charge in [0.1, 0.15) is 5.82 Å². The van der Waals surface area contributed by atoms with E-state index in [1.54, 1.807) is 6.07 Å². The molecule has 0 radical (unpaired) electrons. The summed E-state index contributed by atoms with van der Waals surface area (Å²) in [7, 11) is 0. The first-order chi connectivity index (χ1) is 13.9. The molecular formula is C19H21F3N4O3. The van der Waals surface area contributed by atoms with Gasteiger partial charge < -0.3 is 20.0 Å². The molecule has 0 aromatic carbocycles. The van der Waals surface area contributed by atoms with Gasteiger partial charge >= 0.3 is 6.18 Å². The highest BCUT2D eigenvalue weighted by Gasteiger charge is 2.37. The van der Waals surface area contributed by atoms with Crippen LogP contribution >= 0.6 is 0 Å². The van der Waals surface area contributed by atoms with Crippen molar-refractivity contribution in [1.29, 1.82) is 0 Å². The van der Waals surface area contributed by atoms with Gasteiger partial charge in [-0.05, 0) is 37.1 Å². The van der Waals surface area contributed by atoms with Gasteiger partial charge in [-0.25, -0.2) is 4.98 Å². The molecule has 10 heteroatoms. The minimum Gasteiger partial charge on any atom is -0.459 e. The van der Waals surface area contributed by atoms with Gasteiger partial charge in [0.05, 0.1) is 17.7 Å². The van der Waals surface area contributed by atoms with Crippen LogP contribution in [0.4, 0.5) is 19.0 Å². The quantitative estimate of drug-likeness (QED) is 0.715. The number of amides is 2. The van der Waals surface area contributed by atoms with E-state index >= 15 is 0 Å². The summed E-state index contributed by atoms with van der Waals surface area (Å²) in [6.45, 7) is 0.979. The van der Waals surface area contributed by atoms with E-state index in [0.29, 0.717) is 19.4 Å². The molecule has 2 aromatic heterocycles. The third kappa shape index (κ3) is 5.27. The Kier molecular flexibility index (Phi) is 6.40. The number of pyridine rings is 1. The maximum absolute atomic E-state index is 13.2. The molecule has 156 valence electrons. The number of piperidine rings is 1. The maximum atomic E-state index is 13.2. The molecule has 0 saturated carbocycles. The van der Waals surface area contributed by atoms with E-state index in [1.165, 1.54) is 29.5 Å². The molecule has 7 nitrogen and oxygen atoms in total. The molecule has 0 aliphatic carbocycles. The second kappa shape index (κ2) is 8.97. The lowest BCUT2D eigenvalue weighted by Gasteiger charge is -2.34. The van der Waals surface area contributed by atoms with Gasteiger partial charge in [-0.15, -0.1) is 0 Å². The molecule has 0 bridgehead atoms. The van der Waals surface area contributed by atoms with Gasteiger partial charge in [0, 0.05) is 32.4 Å². The Labute approximate surface area is 165 Å². The summed E-state index contributed by atoms with van der Waals surface area (Å²) in [6, 6.07) is 5.36. The number of anilines is 1. The van der Waals surface area contributed by atoms with Gasteiger partial charge in [-0.3, -0.25) is 9.59 Å². The van der Waals surface area contributed by atoms with E-state index < -0.39 is 17.7 Å². The number of nitrogens with one attached hydrogen (secondary N) is 2. The largest absolute Gasteiger partial charge is 0.459 e. The molecule has 1 atom stereocenters. The van der Waals surface area contributed by atoms with E-state index in [2.05, 4.69) is 15.6 Å². The molecule has 1 fully saturated rings. The van der Waals surface area contributed by atoms with Crippen molar-refractivity contribution in [3.8, 4) is 0 Å². The summed E-state index contributed by atoms with van der Waals surface area (Å²) in [6.07, 6.45) is -0.644. The number of rotatable bonds is 6. The summed E-state index contributed by atoms with van der Waals surface area (Å²) in [4.78, 5) is 29.6. The number of hydrogen-bond acceptors (Lipinski definition) is 5. The Morgan fingerprint density at radius 2 is 2.00 bits per heavy atom. The number of halogens is 3. The maximum Gasteiger partial charge on any atom is 0.419 e. The Morgan fingerprint density at radius 1 is 1.21 bits per heavy atom. The summed E-state index contributed by atoms with van der Waals surface area (Å²) in [5.74, 6) is -1.07. The summed E-state index contributed by atoms with van der Waals surface area (Å²) in [5.41, 5.74) is -0.804. The van der Waals surface area contributed by atoms with Crippen LogP contribution in [0.2, 0.25) is 0 Å². The summed E-state index contributed by atoms with van der Waals surface area (Å²) in [5, 5.41) is 5.33. The van der Waals surface area contributed by atoms with E-state index in [0.717, 1.165) is 6.07 Å². The van der Waals surface area contributed by atoms with Crippen LogP contribution in [-0.4, -0.2) is 43.0 Å². The van der Waals surface area contributed by atoms with Crippen LogP contribution in [0.3, 0.4) is 0 Å².